The summed E-state index contributed by atoms with van der Waals surface area (Å²) in [6.07, 6.45) is 3.84. The second-order valence-electron chi connectivity index (χ2n) is 5.47. The van der Waals surface area contributed by atoms with Crippen LogP contribution in [0, 0.1) is 0 Å². The summed E-state index contributed by atoms with van der Waals surface area (Å²) in [5, 5.41) is 12.3. The second-order valence-corrected chi connectivity index (χ2v) is 5.47. The monoisotopic (exact) mass is 318 g/mol. The molecule has 0 amide bonds. The number of anilines is 1. The molecule has 0 aliphatic rings. The van der Waals surface area contributed by atoms with Crippen LogP contribution in [0.5, 0.6) is 0 Å². The average Bonchev–Trinajstić information content (AvgIpc) is 2.63. The molecule has 0 saturated heterocycles. The summed E-state index contributed by atoms with van der Waals surface area (Å²) >= 11 is 0. The maximum atomic E-state index is 11.2. The van der Waals surface area contributed by atoms with Crippen LogP contribution >= 0.6 is 0 Å². The number of nitrogens with one attached hydrogen (secondary N) is 1. The fourth-order valence-electron chi connectivity index (χ4n) is 2.56. The fourth-order valence-corrected chi connectivity index (χ4v) is 2.56. The zero-order chi connectivity index (χ0) is 16.8. The number of hydrogen-bond acceptors (Lipinski definition) is 3. The van der Waals surface area contributed by atoms with Gasteiger partial charge in [0.15, 0.2) is 0 Å². The molecule has 4 nitrogen and oxygen atoms in total. The van der Waals surface area contributed by atoms with Gasteiger partial charge in [-0.1, -0.05) is 54.6 Å². The maximum Gasteiger partial charge on any atom is 0.337 e. The third-order valence-electron chi connectivity index (χ3n) is 3.84. The van der Waals surface area contributed by atoms with Gasteiger partial charge in [-0.05, 0) is 29.2 Å². The van der Waals surface area contributed by atoms with Gasteiger partial charge in [-0.3, -0.25) is 4.98 Å². The van der Waals surface area contributed by atoms with Crippen LogP contribution in [0.4, 0.5) is 5.69 Å². The lowest BCUT2D eigenvalue weighted by Gasteiger charge is -2.09. The lowest BCUT2D eigenvalue weighted by molar-refractivity contribution is 0.0698. The number of aromatic carboxylic acids is 1. The molecule has 2 N–H and O–H groups in total. The Bertz CT molecular complexity index is 815. The Morgan fingerprint density at radius 2 is 1.67 bits per heavy atom. The molecule has 1 aromatic heterocycles. The first kappa shape index (κ1) is 15.7. The molecule has 4 heteroatoms. The molecular weight excluding hydrogens is 300 g/mol. The molecule has 2 aromatic carbocycles. The predicted molar refractivity (Wildman–Crippen MR) is 95.3 cm³/mol. The Kier molecular flexibility index (Phi) is 4.87. The molecule has 0 unspecified atom stereocenters. The van der Waals surface area contributed by atoms with Gasteiger partial charge >= 0.3 is 5.97 Å². The third-order valence-corrected chi connectivity index (χ3v) is 3.84. The SMILES string of the molecule is O=C(O)c1ccncc1NCCc1ccc(-c2ccccc2)cc1. The topological polar surface area (TPSA) is 62.2 Å². The summed E-state index contributed by atoms with van der Waals surface area (Å²) in [5.74, 6) is -0.952. The first-order chi connectivity index (χ1) is 11.7. The van der Waals surface area contributed by atoms with Crippen LogP contribution < -0.4 is 5.32 Å². The molecule has 0 fully saturated rings. The molecule has 0 bridgehead atoms. The molecule has 0 atom stereocenters. The molecule has 3 rings (SSSR count). The quantitative estimate of drug-likeness (QED) is 0.718. The number of carbonyl (C=O) groups is 1. The Labute approximate surface area is 140 Å². The van der Waals surface area contributed by atoms with E-state index in [9.17, 15) is 4.79 Å². The smallest absolute Gasteiger partial charge is 0.337 e. The van der Waals surface area contributed by atoms with Crippen molar-refractivity contribution < 1.29 is 9.90 Å². The highest BCUT2D eigenvalue weighted by atomic mass is 16.4. The van der Waals surface area contributed by atoms with E-state index in [2.05, 4.69) is 46.7 Å². The number of aromatic nitrogens is 1. The fraction of sp³-hybridized carbons (Fsp3) is 0.100. The van der Waals surface area contributed by atoms with E-state index in [-0.39, 0.29) is 5.56 Å². The molecule has 0 spiro atoms. The van der Waals surface area contributed by atoms with Crippen LogP contribution in [0.1, 0.15) is 15.9 Å². The maximum absolute atomic E-state index is 11.2. The van der Waals surface area contributed by atoms with Gasteiger partial charge in [0.1, 0.15) is 0 Å². The highest BCUT2D eigenvalue weighted by Crippen LogP contribution is 2.19. The van der Waals surface area contributed by atoms with Gasteiger partial charge in [0, 0.05) is 12.7 Å². The van der Waals surface area contributed by atoms with Gasteiger partial charge in [0.05, 0.1) is 17.4 Å². The lowest BCUT2D eigenvalue weighted by Crippen LogP contribution is -2.09. The van der Waals surface area contributed by atoms with Crippen molar-refractivity contribution in [3.05, 3.63) is 84.2 Å². The van der Waals surface area contributed by atoms with E-state index < -0.39 is 5.97 Å². The summed E-state index contributed by atoms with van der Waals surface area (Å²) in [7, 11) is 0. The van der Waals surface area contributed by atoms with Crippen LogP contribution in [0.25, 0.3) is 11.1 Å². The van der Waals surface area contributed by atoms with Crippen molar-refractivity contribution in [2.75, 3.05) is 11.9 Å². The highest BCUT2D eigenvalue weighted by Gasteiger charge is 2.08. The van der Waals surface area contributed by atoms with E-state index >= 15 is 0 Å². The van der Waals surface area contributed by atoms with Crippen molar-refractivity contribution in [2.24, 2.45) is 0 Å². The van der Waals surface area contributed by atoms with Crippen LogP contribution in [-0.2, 0) is 6.42 Å². The number of pyridine rings is 1. The lowest BCUT2D eigenvalue weighted by atomic mass is 10.0. The second kappa shape index (κ2) is 7.42. The number of carboxylic acid groups (broad SMARTS) is 1. The molecule has 120 valence electrons. The van der Waals surface area contributed by atoms with Crippen LogP contribution in [-0.4, -0.2) is 22.6 Å². The summed E-state index contributed by atoms with van der Waals surface area (Å²) in [5.41, 5.74) is 4.37. The molecule has 0 saturated carbocycles. The molecular formula is C20H18N2O2. The van der Waals surface area contributed by atoms with Crippen LogP contribution in [0.15, 0.2) is 73.1 Å². The molecule has 3 aromatic rings. The van der Waals surface area contributed by atoms with Crippen molar-refractivity contribution in [1.82, 2.24) is 4.98 Å². The minimum absolute atomic E-state index is 0.240. The van der Waals surface area contributed by atoms with E-state index in [1.807, 2.05) is 18.2 Å². The molecule has 1 heterocycles. The largest absolute Gasteiger partial charge is 0.478 e. The summed E-state index contributed by atoms with van der Waals surface area (Å²) in [6.45, 7) is 0.649. The molecule has 24 heavy (non-hydrogen) atoms. The minimum Gasteiger partial charge on any atom is -0.478 e. The summed E-state index contributed by atoms with van der Waals surface area (Å²) < 4.78 is 0. The normalized spacial score (nSPS) is 10.3. The summed E-state index contributed by atoms with van der Waals surface area (Å²) in [6, 6.07) is 20.2. The van der Waals surface area contributed by atoms with Crippen molar-refractivity contribution in [2.45, 2.75) is 6.42 Å². The Morgan fingerprint density at radius 3 is 2.38 bits per heavy atom. The first-order valence-corrected chi connectivity index (χ1v) is 7.79. The Morgan fingerprint density at radius 1 is 0.958 bits per heavy atom. The average molecular weight is 318 g/mol. The van der Waals surface area contributed by atoms with Gasteiger partial charge in [-0.2, -0.15) is 0 Å². The zero-order valence-electron chi connectivity index (χ0n) is 13.1. The van der Waals surface area contributed by atoms with Crippen molar-refractivity contribution in [3.8, 4) is 11.1 Å². The van der Waals surface area contributed by atoms with Gasteiger partial charge in [-0.15, -0.1) is 0 Å². The van der Waals surface area contributed by atoms with E-state index in [0.29, 0.717) is 12.2 Å². The van der Waals surface area contributed by atoms with Gasteiger partial charge in [0.25, 0.3) is 0 Å². The Hall–Kier alpha value is -3.14. The number of nitrogens with zero attached hydrogens (tertiary/aromatic N) is 1. The summed E-state index contributed by atoms with van der Waals surface area (Å²) in [4.78, 5) is 15.1. The number of rotatable bonds is 6. The van der Waals surface area contributed by atoms with Gasteiger partial charge in [0.2, 0.25) is 0 Å². The van der Waals surface area contributed by atoms with Crippen molar-refractivity contribution in [1.29, 1.82) is 0 Å². The molecule has 0 aliphatic heterocycles. The zero-order valence-corrected chi connectivity index (χ0v) is 13.1. The van der Waals surface area contributed by atoms with E-state index in [4.69, 9.17) is 5.11 Å². The van der Waals surface area contributed by atoms with Crippen LogP contribution in [0.3, 0.4) is 0 Å². The van der Waals surface area contributed by atoms with E-state index in [1.54, 1.807) is 6.20 Å². The van der Waals surface area contributed by atoms with E-state index in [1.165, 1.54) is 29.0 Å². The van der Waals surface area contributed by atoms with E-state index in [0.717, 1.165) is 6.42 Å². The Balaban J connectivity index is 1.61. The first-order valence-electron chi connectivity index (χ1n) is 7.79. The number of benzene rings is 2. The van der Waals surface area contributed by atoms with Gasteiger partial charge < -0.3 is 10.4 Å². The number of hydrogen-bond donors (Lipinski definition) is 2. The predicted octanol–water partition coefficient (Wildman–Crippen LogP) is 4.10. The standard InChI is InChI=1S/C20H18N2O2/c23-20(24)18-11-12-21-14-19(18)22-13-10-15-6-8-17(9-7-15)16-4-2-1-3-5-16/h1-9,11-12,14,22H,10,13H2,(H,23,24). The molecule has 0 aliphatic carbocycles. The number of carboxylic acids is 1. The highest BCUT2D eigenvalue weighted by molar-refractivity contribution is 5.93. The van der Waals surface area contributed by atoms with Gasteiger partial charge in [-0.25, -0.2) is 4.79 Å². The van der Waals surface area contributed by atoms with Crippen molar-refractivity contribution >= 4 is 11.7 Å². The third kappa shape index (κ3) is 3.79. The minimum atomic E-state index is -0.952. The van der Waals surface area contributed by atoms with Crippen molar-refractivity contribution in [3.63, 3.8) is 0 Å². The van der Waals surface area contributed by atoms with Crippen LogP contribution in [0.2, 0.25) is 0 Å². The molecule has 0 radical (unpaired) electrons.